The SMILES string of the molecule is C=N/C(OCC1CC1)=C1/C(C)=CN(C)C1=NCNc1ccc(C(=O)N2CCN(C)CC2)cc1OC. The molecule has 4 rings (SSSR count). The minimum Gasteiger partial charge on any atom is -0.495 e. The Bertz CT molecular complexity index is 1050. The quantitative estimate of drug-likeness (QED) is 0.432. The third-order valence-electron chi connectivity index (χ3n) is 6.59. The van der Waals surface area contributed by atoms with Gasteiger partial charge in [-0.05, 0) is 63.2 Å². The van der Waals surface area contributed by atoms with E-state index < -0.39 is 0 Å². The van der Waals surface area contributed by atoms with Crippen LogP contribution in [0.3, 0.4) is 0 Å². The number of aliphatic imine (C=N–C) groups is 2. The number of anilines is 1. The molecule has 188 valence electrons. The van der Waals surface area contributed by atoms with Gasteiger partial charge in [0.25, 0.3) is 5.91 Å². The summed E-state index contributed by atoms with van der Waals surface area (Å²) in [7, 11) is 5.63. The number of carbonyl (C=O) groups excluding carboxylic acids is 1. The van der Waals surface area contributed by atoms with Crippen molar-refractivity contribution in [2.45, 2.75) is 19.8 Å². The molecule has 0 spiro atoms. The van der Waals surface area contributed by atoms with Gasteiger partial charge in [-0.2, -0.15) is 0 Å². The number of amidine groups is 1. The van der Waals surface area contributed by atoms with Crippen LogP contribution in [-0.2, 0) is 4.74 Å². The van der Waals surface area contributed by atoms with Gasteiger partial charge in [0.1, 0.15) is 18.3 Å². The van der Waals surface area contributed by atoms with E-state index in [9.17, 15) is 4.79 Å². The maximum absolute atomic E-state index is 12.9. The van der Waals surface area contributed by atoms with Gasteiger partial charge in [-0.3, -0.25) is 4.79 Å². The second kappa shape index (κ2) is 10.9. The Balaban J connectivity index is 1.45. The molecule has 0 atom stereocenters. The molecule has 1 aromatic carbocycles. The first-order valence-electron chi connectivity index (χ1n) is 12.1. The molecule has 1 aliphatic carbocycles. The number of amides is 1. The topological polar surface area (TPSA) is 82.0 Å². The van der Waals surface area contributed by atoms with Crippen molar-refractivity contribution in [2.24, 2.45) is 15.9 Å². The van der Waals surface area contributed by atoms with E-state index in [1.165, 1.54) is 12.8 Å². The molecule has 1 aromatic rings. The number of hydrogen-bond acceptors (Lipinski definition) is 7. The predicted octanol–water partition coefficient (Wildman–Crippen LogP) is 3.04. The van der Waals surface area contributed by atoms with Crippen LogP contribution < -0.4 is 10.1 Å². The highest BCUT2D eigenvalue weighted by atomic mass is 16.5. The summed E-state index contributed by atoms with van der Waals surface area (Å²) >= 11 is 0. The number of ether oxygens (including phenoxy) is 2. The van der Waals surface area contributed by atoms with Crippen LogP contribution in [0, 0.1) is 5.92 Å². The van der Waals surface area contributed by atoms with E-state index in [1.54, 1.807) is 13.2 Å². The molecule has 1 N–H and O–H groups in total. The zero-order valence-electron chi connectivity index (χ0n) is 21.2. The van der Waals surface area contributed by atoms with E-state index in [0.29, 0.717) is 36.4 Å². The Kier molecular flexibility index (Phi) is 7.75. The smallest absolute Gasteiger partial charge is 0.254 e. The van der Waals surface area contributed by atoms with Gasteiger partial charge in [0.2, 0.25) is 5.88 Å². The van der Waals surface area contributed by atoms with Gasteiger partial charge in [0.15, 0.2) is 0 Å². The molecule has 1 saturated heterocycles. The monoisotopic (exact) mass is 480 g/mol. The van der Waals surface area contributed by atoms with Gasteiger partial charge in [-0.15, -0.1) is 0 Å². The van der Waals surface area contributed by atoms with Gasteiger partial charge in [0, 0.05) is 45.0 Å². The van der Waals surface area contributed by atoms with Gasteiger partial charge in [-0.1, -0.05) is 0 Å². The first-order chi connectivity index (χ1) is 16.9. The minimum absolute atomic E-state index is 0.0303. The van der Waals surface area contributed by atoms with Crippen molar-refractivity contribution in [3.8, 4) is 5.75 Å². The Hall–Kier alpha value is -3.33. The summed E-state index contributed by atoms with van der Waals surface area (Å²) in [6.45, 7) is 9.95. The highest BCUT2D eigenvalue weighted by Gasteiger charge is 2.28. The zero-order chi connectivity index (χ0) is 24.9. The molecule has 9 nitrogen and oxygen atoms in total. The second-order valence-electron chi connectivity index (χ2n) is 9.34. The Morgan fingerprint density at radius 1 is 1.20 bits per heavy atom. The third-order valence-corrected chi connectivity index (χ3v) is 6.59. The fourth-order valence-electron chi connectivity index (χ4n) is 4.26. The zero-order valence-corrected chi connectivity index (χ0v) is 21.2. The van der Waals surface area contributed by atoms with Gasteiger partial charge >= 0.3 is 0 Å². The van der Waals surface area contributed by atoms with Crippen molar-refractivity contribution in [1.82, 2.24) is 14.7 Å². The molecular weight excluding hydrogens is 444 g/mol. The molecule has 0 unspecified atom stereocenters. The molecule has 0 radical (unpaired) electrons. The molecular formula is C26H36N6O3. The first kappa shape index (κ1) is 24.8. The number of likely N-dealkylation sites (N-methyl/N-ethyl adjacent to an activating group) is 2. The lowest BCUT2D eigenvalue weighted by Gasteiger charge is -2.32. The summed E-state index contributed by atoms with van der Waals surface area (Å²) < 4.78 is 11.5. The van der Waals surface area contributed by atoms with Crippen LogP contribution in [0.15, 0.2) is 51.4 Å². The highest BCUT2D eigenvalue weighted by molar-refractivity contribution is 6.05. The van der Waals surface area contributed by atoms with Crippen molar-refractivity contribution in [1.29, 1.82) is 0 Å². The van der Waals surface area contributed by atoms with Crippen LogP contribution in [0.2, 0.25) is 0 Å². The van der Waals surface area contributed by atoms with E-state index in [0.717, 1.165) is 48.8 Å². The predicted molar refractivity (Wildman–Crippen MR) is 139 cm³/mol. The van der Waals surface area contributed by atoms with Crippen LogP contribution in [0.4, 0.5) is 5.69 Å². The van der Waals surface area contributed by atoms with Crippen molar-refractivity contribution in [2.75, 3.05) is 66.0 Å². The van der Waals surface area contributed by atoms with Crippen molar-refractivity contribution in [3.63, 3.8) is 0 Å². The molecule has 0 aromatic heterocycles. The lowest BCUT2D eigenvalue weighted by molar-refractivity contribution is 0.0664. The number of piperazine rings is 1. The van der Waals surface area contributed by atoms with Crippen LogP contribution >= 0.6 is 0 Å². The fraction of sp³-hybridized carbons (Fsp3) is 0.500. The van der Waals surface area contributed by atoms with Crippen molar-refractivity contribution >= 4 is 24.1 Å². The molecule has 2 aliphatic heterocycles. The molecule has 1 saturated carbocycles. The normalized spacial score (nSPS) is 21.1. The average molecular weight is 481 g/mol. The fourth-order valence-corrected chi connectivity index (χ4v) is 4.26. The molecule has 1 amide bonds. The highest BCUT2D eigenvalue weighted by Crippen LogP contribution is 2.32. The number of methoxy groups -OCH3 is 1. The summed E-state index contributed by atoms with van der Waals surface area (Å²) in [5, 5.41) is 3.31. The van der Waals surface area contributed by atoms with Crippen molar-refractivity contribution < 1.29 is 14.3 Å². The molecule has 9 heteroatoms. The number of rotatable bonds is 9. The largest absolute Gasteiger partial charge is 0.495 e. The Labute approximate surface area is 207 Å². The minimum atomic E-state index is 0.0303. The van der Waals surface area contributed by atoms with E-state index in [2.05, 4.69) is 29.0 Å². The molecule has 3 aliphatic rings. The summed E-state index contributed by atoms with van der Waals surface area (Å²) in [5.41, 5.74) is 3.30. The number of nitrogens with zero attached hydrogens (tertiary/aromatic N) is 5. The number of benzene rings is 1. The van der Waals surface area contributed by atoms with Crippen LogP contribution in [-0.4, -0.2) is 93.8 Å². The van der Waals surface area contributed by atoms with Gasteiger partial charge in [-0.25, -0.2) is 9.98 Å². The van der Waals surface area contributed by atoms with E-state index in [-0.39, 0.29) is 5.91 Å². The molecule has 2 heterocycles. The maximum Gasteiger partial charge on any atom is 0.254 e. The average Bonchev–Trinajstić information content (AvgIpc) is 3.65. The summed E-state index contributed by atoms with van der Waals surface area (Å²) in [4.78, 5) is 27.9. The van der Waals surface area contributed by atoms with Crippen LogP contribution in [0.1, 0.15) is 30.1 Å². The van der Waals surface area contributed by atoms with Crippen molar-refractivity contribution in [3.05, 3.63) is 47.0 Å². The summed E-state index contributed by atoms with van der Waals surface area (Å²) in [6, 6.07) is 5.50. The second-order valence-corrected chi connectivity index (χ2v) is 9.34. The Morgan fingerprint density at radius 2 is 1.94 bits per heavy atom. The molecule has 0 bridgehead atoms. The maximum atomic E-state index is 12.9. The third kappa shape index (κ3) is 5.85. The van der Waals surface area contributed by atoms with Gasteiger partial charge < -0.3 is 29.5 Å². The number of nitrogens with one attached hydrogen (secondary N) is 1. The lowest BCUT2D eigenvalue weighted by Crippen LogP contribution is -2.47. The first-order valence-corrected chi connectivity index (χ1v) is 12.1. The summed E-state index contributed by atoms with van der Waals surface area (Å²) in [5.74, 6) is 2.56. The van der Waals surface area contributed by atoms with E-state index in [4.69, 9.17) is 14.5 Å². The summed E-state index contributed by atoms with van der Waals surface area (Å²) in [6.07, 6.45) is 4.43. The van der Waals surface area contributed by atoms with Crippen LogP contribution in [0.25, 0.3) is 0 Å². The van der Waals surface area contributed by atoms with E-state index in [1.807, 2.05) is 42.1 Å². The lowest BCUT2D eigenvalue weighted by atomic mass is 10.1. The Morgan fingerprint density at radius 3 is 2.60 bits per heavy atom. The van der Waals surface area contributed by atoms with E-state index >= 15 is 0 Å². The molecule has 2 fully saturated rings. The standard InChI is InChI=1S/C26H36N6O3/c1-18-15-31(4)24(23(18)25(27-2)35-16-19-6-7-19)29-17-28-21-9-8-20(14-22(21)34-5)26(33)32-12-10-30(3)11-13-32/h8-9,14-15,19,28H,2,6-7,10-13,16-17H2,1,3-5H3/b25-23+,29-24?. The number of hydrogen-bond donors (Lipinski definition) is 1. The number of carbonyl (C=O) groups is 1. The molecule has 35 heavy (non-hydrogen) atoms. The van der Waals surface area contributed by atoms with Gasteiger partial charge in [0.05, 0.1) is 25.0 Å². The van der Waals surface area contributed by atoms with Crippen LogP contribution in [0.5, 0.6) is 5.75 Å².